The van der Waals surface area contributed by atoms with Crippen molar-refractivity contribution in [3.05, 3.63) is 60.1 Å². The Bertz CT molecular complexity index is 734. The molecule has 0 fully saturated rings. The highest BCUT2D eigenvalue weighted by Gasteiger charge is 2.18. The number of hydrogen-bond acceptors (Lipinski definition) is 4. The van der Waals surface area contributed by atoms with Crippen LogP contribution in [0.2, 0.25) is 0 Å². The molecule has 1 N–H and O–H groups in total. The highest BCUT2D eigenvalue weighted by molar-refractivity contribution is 5.97. The van der Waals surface area contributed by atoms with Gasteiger partial charge in [-0.3, -0.25) is 4.79 Å². The second-order valence-electron chi connectivity index (χ2n) is 5.81. The number of nitrogens with one attached hydrogen (secondary N) is 1. The van der Waals surface area contributed by atoms with E-state index in [2.05, 4.69) is 19.2 Å². The number of anilines is 1. The van der Waals surface area contributed by atoms with Crippen LogP contribution >= 0.6 is 0 Å². The molecule has 1 aromatic heterocycles. The zero-order chi connectivity index (χ0) is 18.2. The van der Waals surface area contributed by atoms with E-state index in [0.29, 0.717) is 11.7 Å². The van der Waals surface area contributed by atoms with Crippen molar-refractivity contribution in [2.24, 2.45) is 0 Å². The van der Waals surface area contributed by atoms with Crippen LogP contribution in [-0.4, -0.2) is 18.0 Å². The minimum atomic E-state index is -0.904. The third-order valence-electron chi connectivity index (χ3n) is 3.95. The van der Waals surface area contributed by atoms with Crippen molar-refractivity contribution in [3.8, 4) is 0 Å². The van der Waals surface area contributed by atoms with Gasteiger partial charge in [-0.25, -0.2) is 4.79 Å². The Kier molecular flexibility index (Phi) is 6.57. The Balaban J connectivity index is 1.95. The number of hydrogen-bond donors (Lipinski definition) is 1. The molecule has 1 amide bonds. The molecule has 25 heavy (non-hydrogen) atoms. The monoisotopic (exact) mass is 341 g/mol. The van der Waals surface area contributed by atoms with E-state index in [4.69, 9.17) is 9.15 Å². The molecule has 2 aromatic rings. The summed E-state index contributed by atoms with van der Waals surface area (Å²) < 4.78 is 10.2. The zero-order valence-electron chi connectivity index (χ0n) is 14.7. The summed E-state index contributed by atoms with van der Waals surface area (Å²) in [4.78, 5) is 24.1. The Labute approximate surface area is 147 Å². The van der Waals surface area contributed by atoms with Crippen LogP contribution in [0.25, 0.3) is 6.08 Å². The third-order valence-corrected chi connectivity index (χ3v) is 3.95. The molecule has 132 valence electrons. The average Bonchev–Trinajstić information content (AvgIpc) is 3.13. The molecular formula is C20H23NO4. The van der Waals surface area contributed by atoms with Crippen molar-refractivity contribution >= 4 is 23.6 Å². The Morgan fingerprint density at radius 3 is 2.64 bits per heavy atom. The van der Waals surface area contributed by atoms with Crippen LogP contribution < -0.4 is 5.32 Å². The molecule has 5 nitrogen and oxygen atoms in total. The van der Waals surface area contributed by atoms with Gasteiger partial charge in [0, 0.05) is 11.8 Å². The first kappa shape index (κ1) is 18.5. The van der Waals surface area contributed by atoms with Gasteiger partial charge in [-0.05, 0) is 49.1 Å². The number of carbonyl (C=O) groups is 2. The smallest absolute Gasteiger partial charge is 0.331 e. The summed E-state index contributed by atoms with van der Waals surface area (Å²) in [5.74, 6) is -0.105. The maximum Gasteiger partial charge on any atom is 0.331 e. The summed E-state index contributed by atoms with van der Waals surface area (Å²) in [6, 6.07) is 11.1. The summed E-state index contributed by atoms with van der Waals surface area (Å²) >= 11 is 0. The van der Waals surface area contributed by atoms with Crippen molar-refractivity contribution in [2.45, 2.75) is 39.2 Å². The quantitative estimate of drug-likeness (QED) is 0.599. The highest BCUT2D eigenvalue weighted by Crippen LogP contribution is 2.26. The molecule has 2 rings (SSSR count). The van der Waals surface area contributed by atoms with Gasteiger partial charge in [-0.2, -0.15) is 0 Å². The zero-order valence-corrected chi connectivity index (χ0v) is 14.7. The number of benzene rings is 1. The van der Waals surface area contributed by atoms with E-state index in [1.165, 1.54) is 18.4 Å². The number of para-hydroxylation sites is 1. The lowest BCUT2D eigenvalue weighted by Gasteiger charge is -2.17. The van der Waals surface area contributed by atoms with Gasteiger partial charge in [-0.1, -0.05) is 32.0 Å². The summed E-state index contributed by atoms with van der Waals surface area (Å²) in [6.07, 6.45) is 4.30. The standard InChI is InChI=1S/C20H23NO4/c1-4-14(2)17-9-5-6-10-18(17)21-20(23)15(3)25-19(22)12-11-16-8-7-13-24-16/h5-15H,4H2,1-3H3,(H,21,23)/b12-11+/t14-,15+/m1/s1. The molecule has 0 saturated heterocycles. The van der Waals surface area contributed by atoms with Crippen molar-refractivity contribution in [1.29, 1.82) is 0 Å². The second-order valence-corrected chi connectivity index (χ2v) is 5.81. The lowest BCUT2D eigenvalue weighted by atomic mass is 9.97. The summed E-state index contributed by atoms with van der Waals surface area (Å²) in [6.45, 7) is 5.74. The van der Waals surface area contributed by atoms with Crippen LogP contribution in [0.15, 0.2) is 53.2 Å². The van der Waals surface area contributed by atoms with Crippen LogP contribution in [0.5, 0.6) is 0 Å². The Morgan fingerprint density at radius 1 is 1.20 bits per heavy atom. The summed E-state index contributed by atoms with van der Waals surface area (Å²) in [7, 11) is 0. The molecule has 1 heterocycles. The van der Waals surface area contributed by atoms with E-state index in [-0.39, 0.29) is 5.91 Å². The largest absolute Gasteiger partial charge is 0.465 e. The Hall–Kier alpha value is -2.82. The van der Waals surface area contributed by atoms with Crippen LogP contribution in [-0.2, 0) is 14.3 Å². The highest BCUT2D eigenvalue weighted by atomic mass is 16.5. The first-order valence-corrected chi connectivity index (χ1v) is 8.33. The van der Waals surface area contributed by atoms with E-state index in [0.717, 1.165) is 17.7 Å². The number of carbonyl (C=O) groups excluding carboxylic acids is 2. The van der Waals surface area contributed by atoms with E-state index in [1.807, 2.05) is 24.3 Å². The van der Waals surface area contributed by atoms with Crippen LogP contribution in [0, 0.1) is 0 Å². The maximum absolute atomic E-state index is 12.3. The van der Waals surface area contributed by atoms with Gasteiger partial charge >= 0.3 is 5.97 Å². The van der Waals surface area contributed by atoms with Crippen LogP contribution in [0.3, 0.4) is 0 Å². The molecule has 0 spiro atoms. The Morgan fingerprint density at radius 2 is 1.96 bits per heavy atom. The lowest BCUT2D eigenvalue weighted by molar-refractivity contribution is -0.148. The molecule has 0 aliphatic rings. The number of amides is 1. The SMILES string of the molecule is CC[C@@H](C)c1ccccc1NC(=O)[C@H](C)OC(=O)/C=C/c1ccco1. The third kappa shape index (κ3) is 5.35. The van der Waals surface area contributed by atoms with E-state index in [9.17, 15) is 9.59 Å². The molecule has 1 aromatic carbocycles. The number of esters is 1. The molecule has 0 radical (unpaired) electrons. The molecule has 2 atom stereocenters. The van der Waals surface area contributed by atoms with Crippen LogP contribution in [0.1, 0.15) is 44.4 Å². The molecule has 5 heteroatoms. The molecule has 0 aliphatic heterocycles. The average molecular weight is 341 g/mol. The first-order valence-electron chi connectivity index (χ1n) is 8.33. The van der Waals surface area contributed by atoms with Crippen molar-refractivity contribution < 1.29 is 18.7 Å². The van der Waals surface area contributed by atoms with Gasteiger partial charge in [0.1, 0.15) is 5.76 Å². The number of rotatable bonds is 7. The van der Waals surface area contributed by atoms with Gasteiger partial charge in [0.25, 0.3) is 5.91 Å². The predicted molar refractivity (Wildman–Crippen MR) is 97.1 cm³/mol. The minimum absolute atomic E-state index is 0.325. The minimum Gasteiger partial charge on any atom is -0.465 e. The molecular weight excluding hydrogens is 318 g/mol. The number of furan rings is 1. The van der Waals surface area contributed by atoms with Crippen molar-refractivity contribution in [2.75, 3.05) is 5.32 Å². The topological polar surface area (TPSA) is 68.5 Å². The van der Waals surface area contributed by atoms with E-state index >= 15 is 0 Å². The molecule has 0 saturated carbocycles. The van der Waals surface area contributed by atoms with Crippen molar-refractivity contribution in [3.63, 3.8) is 0 Å². The van der Waals surface area contributed by atoms with Crippen molar-refractivity contribution in [1.82, 2.24) is 0 Å². The molecule has 0 unspecified atom stereocenters. The van der Waals surface area contributed by atoms with Gasteiger partial charge in [0.05, 0.1) is 6.26 Å². The van der Waals surface area contributed by atoms with Gasteiger partial charge in [0.15, 0.2) is 6.10 Å². The number of ether oxygens (including phenoxy) is 1. The fraction of sp³-hybridized carbons (Fsp3) is 0.300. The van der Waals surface area contributed by atoms with E-state index in [1.54, 1.807) is 19.1 Å². The van der Waals surface area contributed by atoms with E-state index < -0.39 is 12.1 Å². The van der Waals surface area contributed by atoms with Gasteiger partial charge in [-0.15, -0.1) is 0 Å². The second kappa shape index (κ2) is 8.87. The van der Waals surface area contributed by atoms with Crippen LogP contribution in [0.4, 0.5) is 5.69 Å². The fourth-order valence-electron chi connectivity index (χ4n) is 2.30. The fourth-order valence-corrected chi connectivity index (χ4v) is 2.30. The van der Waals surface area contributed by atoms with Gasteiger partial charge < -0.3 is 14.5 Å². The molecule has 0 bridgehead atoms. The normalized spacial score (nSPS) is 13.4. The summed E-state index contributed by atoms with van der Waals surface area (Å²) in [5.41, 5.74) is 1.81. The lowest BCUT2D eigenvalue weighted by Crippen LogP contribution is -2.29. The predicted octanol–water partition coefficient (Wildman–Crippen LogP) is 4.38. The van der Waals surface area contributed by atoms with Gasteiger partial charge in [0.2, 0.25) is 0 Å². The summed E-state index contributed by atoms with van der Waals surface area (Å²) in [5, 5.41) is 2.84. The molecule has 0 aliphatic carbocycles. The maximum atomic E-state index is 12.3. The first-order chi connectivity index (χ1) is 12.0.